The molecule has 0 saturated carbocycles. The molecule has 1 saturated heterocycles. The first-order chi connectivity index (χ1) is 11.2. The molecule has 2 atom stereocenters. The van der Waals surface area contributed by atoms with Gasteiger partial charge in [-0.25, -0.2) is 4.79 Å². The lowest BCUT2D eigenvalue weighted by atomic mass is 9.79. The first-order valence-electron chi connectivity index (χ1n) is 8.30. The Labute approximate surface area is 138 Å². The molecule has 1 aromatic carbocycles. The molecule has 0 bridgehead atoms. The van der Waals surface area contributed by atoms with Gasteiger partial charge in [-0.05, 0) is 23.8 Å². The molecule has 0 aromatic heterocycles. The fraction of sp³-hybridized carbons (Fsp3) is 0.556. The first kappa shape index (κ1) is 17.3. The standard InChI is InChI=1S/C18H26N2O3/c1-3-14-13-20(17(21)9-11-19-18(22)23-2)12-10-16(14)15-7-5-4-6-8-15/h4-8,14,16H,3,9-13H2,1-2H3,(H,19,22)/t14-,16-/m0/s1. The smallest absolute Gasteiger partial charge is 0.406 e. The van der Waals surface area contributed by atoms with Gasteiger partial charge in [0.1, 0.15) is 0 Å². The van der Waals surface area contributed by atoms with E-state index in [-0.39, 0.29) is 5.91 Å². The van der Waals surface area contributed by atoms with Crippen molar-refractivity contribution < 1.29 is 14.3 Å². The number of likely N-dealkylation sites (tertiary alicyclic amines) is 1. The van der Waals surface area contributed by atoms with Crippen LogP contribution in [-0.2, 0) is 9.53 Å². The average Bonchev–Trinajstić information content (AvgIpc) is 2.61. The highest BCUT2D eigenvalue weighted by Crippen LogP contribution is 2.34. The number of hydrogen-bond acceptors (Lipinski definition) is 3. The molecule has 1 aliphatic heterocycles. The van der Waals surface area contributed by atoms with Crippen molar-refractivity contribution in [1.29, 1.82) is 0 Å². The number of piperidine rings is 1. The van der Waals surface area contributed by atoms with Crippen molar-refractivity contribution in [3.05, 3.63) is 35.9 Å². The van der Waals surface area contributed by atoms with E-state index in [0.29, 0.717) is 24.8 Å². The van der Waals surface area contributed by atoms with E-state index in [1.54, 1.807) is 0 Å². The van der Waals surface area contributed by atoms with Crippen LogP contribution in [0.25, 0.3) is 0 Å². The number of methoxy groups -OCH3 is 1. The van der Waals surface area contributed by atoms with Crippen molar-refractivity contribution in [2.75, 3.05) is 26.7 Å². The molecule has 23 heavy (non-hydrogen) atoms. The number of nitrogens with one attached hydrogen (secondary N) is 1. The summed E-state index contributed by atoms with van der Waals surface area (Å²) in [6.45, 7) is 4.09. The Morgan fingerprint density at radius 3 is 2.70 bits per heavy atom. The van der Waals surface area contributed by atoms with Crippen LogP contribution in [-0.4, -0.2) is 43.6 Å². The second-order valence-electron chi connectivity index (χ2n) is 5.98. The van der Waals surface area contributed by atoms with Crippen molar-refractivity contribution in [3.8, 4) is 0 Å². The molecule has 1 fully saturated rings. The Balaban J connectivity index is 1.88. The van der Waals surface area contributed by atoms with Gasteiger partial charge in [-0.15, -0.1) is 0 Å². The zero-order valence-corrected chi connectivity index (χ0v) is 14.0. The summed E-state index contributed by atoms with van der Waals surface area (Å²) >= 11 is 0. The van der Waals surface area contributed by atoms with Gasteiger partial charge in [-0.1, -0.05) is 43.7 Å². The van der Waals surface area contributed by atoms with Gasteiger partial charge in [0.05, 0.1) is 7.11 Å². The van der Waals surface area contributed by atoms with Crippen LogP contribution in [0.2, 0.25) is 0 Å². The van der Waals surface area contributed by atoms with E-state index in [2.05, 4.69) is 41.2 Å². The normalized spacial score (nSPS) is 20.9. The molecule has 0 unspecified atom stereocenters. The summed E-state index contributed by atoms with van der Waals surface area (Å²) in [5.41, 5.74) is 1.37. The monoisotopic (exact) mass is 318 g/mol. The van der Waals surface area contributed by atoms with Crippen LogP contribution in [0.1, 0.15) is 37.7 Å². The third kappa shape index (κ3) is 4.71. The topological polar surface area (TPSA) is 58.6 Å². The molecule has 0 aliphatic carbocycles. The number of nitrogens with zero attached hydrogens (tertiary/aromatic N) is 1. The number of carbonyl (C=O) groups is 2. The maximum Gasteiger partial charge on any atom is 0.406 e. The second kappa shape index (κ2) is 8.56. The molecule has 0 radical (unpaired) electrons. The number of alkyl carbamates (subject to hydrolysis) is 1. The zero-order valence-electron chi connectivity index (χ0n) is 14.0. The van der Waals surface area contributed by atoms with E-state index >= 15 is 0 Å². The molecule has 1 N–H and O–H groups in total. The van der Waals surface area contributed by atoms with Gasteiger partial charge >= 0.3 is 6.09 Å². The summed E-state index contributed by atoms with van der Waals surface area (Å²) in [5.74, 6) is 1.12. The van der Waals surface area contributed by atoms with E-state index in [1.807, 2.05) is 11.0 Å². The van der Waals surface area contributed by atoms with E-state index < -0.39 is 6.09 Å². The number of carbonyl (C=O) groups excluding carboxylic acids is 2. The minimum atomic E-state index is -0.493. The zero-order chi connectivity index (χ0) is 16.7. The van der Waals surface area contributed by atoms with Crippen LogP contribution in [0.5, 0.6) is 0 Å². The molecule has 2 amide bonds. The van der Waals surface area contributed by atoms with Gasteiger partial charge in [-0.2, -0.15) is 0 Å². The molecule has 2 rings (SSSR count). The number of ether oxygens (including phenoxy) is 1. The largest absolute Gasteiger partial charge is 0.453 e. The van der Waals surface area contributed by atoms with Crippen LogP contribution < -0.4 is 5.32 Å². The Morgan fingerprint density at radius 2 is 2.04 bits per heavy atom. The van der Waals surface area contributed by atoms with Crippen LogP contribution in [0, 0.1) is 5.92 Å². The molecule has 5 heteroatoms. The summed E-state index contributed by atoms with van der Waals surface area (Å²) in [7, 11) is 1.32. The Kier molecular flexibility index (Phi) is 6.44. The summed E-state index contributed by atoms with van der Waals surface area (Å²) in [6.07, 6.45) is 1.89. The number of benzene rings is 1. The number of amides is 2. The lowest BCUT2D eigenvalue weighted by molar-refractivity contribution is -0.133. The van der Waals surface area contributed by atoms with Gasteiger partial charge < -0.3 is 15.0 Å². The Morgan fingerprint density at radius 1 is 1.30 bits per heavy atom. The average molecular weight is 318 g/mol. The predicted octanol–water partition coefficient (Wildman–Crippen LogP) is 2.77. The predicted molar refractivity (Wildman–Crippen MR) is 89.2 cm³/mol. The maximum atomic E-state index is 12.3. The molecule has 0 spiro atoms. The van der Waals surface area contributed by atoms with E-state index in [0.717, 1.165) is 25.9 Å². The number of rotatable bonds is 5. The van der Waals surface area contributed by atoms with Crippen LogP contribution >= 0.6 is 0 Å². The van der Waals surface area contributed by atoms with Gasteiger partial charge in [0.25, 0.3) is 0 Å². The molecule has 1 heterocycles. The van der Waals surface area contributed by atoms with Gasteiger partial charge in [0, 0.05) is 26.1 Å². The molecular weight excluding hydrogens is 292 g/mol. The molecular formula is C18H26N2O3. The van der Waals surface area contributed by atoms with E-state index in [4.69, 9.17) is 0 Å². The lowest BCUT2D eigenvalue weighted by Crippen LogP contribution is -2.43. The summed E-state index contributed by atoms with van der Waals surface area (Å²) in [5, 5.41) is 2.55. The van der Waals surface area contributed by atoms with Crippen molar-refractivity contribution in [1.82, 2.24) is 10.2 Å². The third-order valence-corrected chi connectivity index (χ3v) is 4.63. The third-order valence-electron chi connectivity index (χ3n) is 4.63. The fourth-order valence-electron chi connectivity index (χ4n) is 3.31. The minimum absolute atomic E-state index is 0.103. The summed E-state index contributed by atoms with van der Waals surface area (Å²) < 4.78 is 4.50. The lowest BCUT2D eigenvalue weighted by Gasteiger charge is -2.38. The van der Waals surface area contributed by atoms with Gasteiger partial charge in [0.2, 0.25) is 5.91 Å². The Bertz CT molecular complexity index is 518. The van der Waals surface area contributed by atoms with Crippen molar-refractivity contribution in [3.63, 3.8) is 0 Å². The first-order valence-corrected chi connectivity index (χ1v) is 8.30. The second-order valence-corrected chi connectivity index (χ2v) is 5.98. The van der Waals surface area contributed by atoms with E-state index in [1.165, 1.54) is 12.7 Å². The highest BCUT2D eigenvalue weighted by Gasteiger charge is 2.30. The van der Waals surface area contributed by atoms with Gasteiger partial charge in [0.15, 0.2) is 0 Å². The van der Waals surface area contributed by atoms with Crippen molar-refractivity contribution >= 4 is 12.0 Å². The maximum absolute atomic E-state index is 12.3. The SMILES string of the molecule is CC[C@H]1CN(C(=O)CCNC(=O)OC)CC[C@@H]1c1ccccc1. The highest BCUT2D eigenvalue weighted by atomic mass is 16.5. The van der Waals surface area contributed by atoms with Crippen molar-refractivity contribution in [2.45, 2.75) is 32.1 Å². The summed E-state index contributed by atoms with van der Waals surface area (Å²) in [6, 6.07) is 10.6. The molecule has 126 valence electrons. The van der Waals surface area contributed by atoms with E-state index in [9.17, 15) is 9.59 Å². The minimum Gasteiger partial charge on any atom is -0.453 e. The quantitative estimate of drug-likeness (QED) is 0.908. The Hall–Kier alpha value is -2.04. The van der Waals surface area contributed by atoms with Crippen LogP contribution in [0.3, 0.4) is 0 Å². The number of hydrogen-bond donors (Lipinski definition) is 1. The molecule has 1 aliphatic rings. The van der Waals surface area contributed by atoms with Crippen molar-refractivity contribution in [2.24, 2.45) is 5.92 Å². The van der Waals surface area contributed by atoms with Crippen LogP contribution in [0.15, 0.2) is 30.3 Å². The fourth-order valence-corrected chi connectivity index (χ4v) is 3.31. The van der Waals surface area contributed by atoms with Crippen LogP contribution in [0.4, 0.5) is 4.79 Å². The summed E-state index contributed by atoms with van der Waals surface area (Å²) in [4.78, 5) is 25.3. The van der Waals surface area contributed by atoms with Gasteiger partial charge in [-0.3, -0.25) is 4.79 Å². The molecule has 1 aromatic rings. The molecule has 5 nitrogen and oxygen atoms in total. The highest BCUT2D eigenvalue weighted by molar-refractivity contribution is 5.77.